The summed E-state index contributed by atoms with van der Waals surface area (Å²) in [6.45, 7) is 9.46. The standard InChI is InChI=1S/C70H82N6O23/c1-36-48(96-65(90)55(83)54(42-18-12-9-13-19-42)76-62(87)43-20-14-10-15-21-43)32-70(92)59(98-64(89)44-22-16-11-17-23-44)57-68(8,58(84)56(95-39(4)77)53(36)67(70,6)7)49(31-50-69(57,35-94-50)99-40(5)78)97-66(91)93-34-41-24-26-45(27-25-41)74-63(88)47(30-51(71)80)75-61(86)38(3)73-60(85)37(2)72-33-46(79)28-29-52(81)82/h9-27,37-38,46-50,54-57,59,72,79,83,92H,28-35H2,1-8H3,(H2,71,80)(H,73,85)(H,74,88)(H,75,86)(H,76,87)(H,81,82)/t37-,38-,46+,47-,48+,49+,50-,54+,55-,56-,57?,59+,68-,69+,70-/m1/s1. The molecule has 0 radical (unpaired) electrons. The molecule has 2 saturated carbocycles. The number of esters is 4. The van der Waals surface area contributed by atoms with Crippen LogP contribution in [0.1, 0.15) is 125 Å². The van der Waals surface area contributed by atoms with Gasteiger partial charge in [0.2, 0.25) is 23.6 Å². The number of ketones is 1. The number of aliphatic carboxylic acids is 1. The molecule has 4 aromatic rings. The monoisotopic (exact) mass is 1370 g/mol. The van der Waals surface area contributed by atoms with Crippen LogP contribution in [-0.4, -0.2) is 177 Å². The number of primary amides is 1. The maximum atomic E-state index is 16.5. The maximum absolute atomic E-state index is 16.5. The van der Waals surface area contributed by atoms with Gasteiger partial charge in [0.1, 0.15) is 48.7 Å². The average Bonchev–Trinajstić information content (AvgIpc) is 0.670. The zero-order valence-electron chi connectivity index (χ0n) is 55.7. The SMILES string of the molecule is CC(=O)O[C@H]1C(=O)[C@@]2(C)C([C@H](OC(=O)c3ccccc3)[C@]3(O)C[C@H](OC(=O)[C@H](O)[C@@H](NC(=O)c4ccccc4)c4ccccc4)C(C)=C1C3(C)C)[C@]1(OC(C)=O)CO[C@@H]1C[C@@H]2OC(=O)OCc1ccc(NC(=O)[C@@H](CC(N)=O)NC(=O)[C@@H](C)NC(=O)[C@@H](C)NC[C@@H](O)CCC(=O)O)cc1. The van der Waals surface area contributed by atoms with Crippen LogP contribution in [0.3, 0.4) is 0 Å². The van der Waals surface area contributed by atoms with Gasteiger partial charge in [-0.3, -0.25) is 43.2 Å². The van der Waals surface area contributed by atoms with Gasteiger partial charge in [-0.05, 0) is 92.8 Å². The first-order chi connectivity index (χ1) is 46.7. The molecule has 4 aliphatic rings. The second-order valence-electron chi connectivity index (χ2n) is 25.8. The molecule has 3 fully saturated rings. The molecule has 530 valence electrons. The van der Waals surface area contributed by atoms with E-state index in [2.05, 4.69) is 26.6 Å². The van der Waals surface area contributed by atoms with Crippen molar-refractivity contribution in [2.75, 3.05) is 18.5 Å². The molecule has 1 unspecified atom stereocenters. The number of hydrogen-bond donors (Lipinski definition) is 10. The Labute approximate surface area is 569 Å². The first-order valence-corrected chi connectivity index (χ1v) is 32.0. The van der Waals surface area contributed by atoms with E-state index in [9.17, 15) is 68.1 Å². The quantitative estimate of drug-likeness (QED) is 0.0233. The highest BCUT2D eigenvalue weighted by Gasteiger charge is 2.79. The van der Waals surface area contributed by atoms with Gasteiger partial charge >= 0.3 is 36.0 Å². The molecule has 1 saturated heterocycles. The third kappa shape index (κ3) is 16.6. The van der Waals surface area contributed by atoms with E-state index >= 15 is 4.79 Å². The molecule has 4 aromatic carbocycles. The number of nitrogens with one attached hydrogen (secondary N) is 5. The molecule has 29 nitrogen and oxygen atoms in total. The molecule has 8 rings (SSSR count). The molecular formula is C70H82N6O23. The Morgan fingerprint density at radius 3 is 1.91 bits per heavy atom. The normalized spacial score (nSPS) is 25.3. The van der Waals surface area contributed by atoms with E-state index < -0.39 is 199 Å². The van der Waals surface area contributed by atoms with Gasteiger partial charge < -0.3 is 85.9 Å². The van der Waals surface area contributed by atoms with Gasteiger partial charge in [-0.2, -0.15) is 0 Å². The van der Waals surface area contributed by atoms with Crippen molar-refractivity contribution in [3.05, 3.63) is 149 Å². The number of aliphatic hydroxyl groups is 3. The van der Waals surface area contributed by atoms with Crippen LogP contribution in [0.15, 0.2) is 126 Å². The van der Waals surface area contributed by atoms with E-state index in [4.69, 9.17) is 44.0 Å². The lowest BCUT2D eigenvalue weighted by Crippen LogP contribution is -2.82. The number of ether oxygens (including phenoxy) is 7. The topological polar surface area (TPSA) is 437 Å². The summed E-state index contributed by atoms with van der Waals surface area (Å²) in [7, 11) is 0. The highest BCUT2D eigenvalue weighted by Crippen LogP contribution is 2.65. The first kappa shape index (κ1) is 74.8. The van der Waals surface area contributed by atoms with Crippen molar-refractivity contribution >= 4 is 77.0 Å². The zero-order valence-corrected chi connectivity index (χ0v) is 55.7. The van der Waals surface area contributed by atoms with Crippen LogP contribution in [0.4, 0.5) is 10.5 Å². The van der Waals surface area contributed by atoms with E-state index in [0.717, 1.165) is 13.8 Å². The van der Waals surface area contributed by atoms with Gasteiger partial charge in [0.15, 0.2) is 23.6 Å². The molecule has 0 aromatic heterocycles. The Hall–Kier alpha value is -9.94. The van der Waals surface area contributed by atoms with Crippen molar-refractivity contribution in [1.29, 1.82) is 0 Å². The second kappa shape index (κ2) is 31.3. The predicted molar refractivity (Wildman–Crippen MR) is 346 cm³/mol. The van der Waals surface area contributed by atoms with Gasteiger partial charge in [-0.25, -0.2) is 14.4 Å². The number of Topliss-reactive ketones (excluding diaryl/α,β-unsaturated/α-hetero) is 1. The highest BCUT2D eigenvalue weighted by atomic mass is 16.7. The summed E-state index contributed by atoms with van der Waals surface area (Å²) in [6, 6.07) is 24.0. The van der Waals surface area contributed by atoms with Crippen LogP contribution < -0.4 is 32.3 Å². The van der Waals surface area contributed by atoms with Gasteiger partial charge in [-0.1, -0.05) is 92.7 Å². The summed E-state index contributed by atoms with van der Waals surface area (Å²) in [4.78, 5) is 164. The molecule has 3 aliphatic carbocycles. The maximum Gasteiger partial charge on any atom is 0.508 e. The fraction of sp³-hybridized carbons (Fsp3) is 0.457. The van der Waals surface area contributed by atoms with Crippen molar-refractivity contribution in [2.45, 2.75) is 172 Å². The van der Waals surface area contributed by atoms with Crippen LogP contribution in [0.25, 0.3) is 0 Å². The molecule has 1 heterocycles. The number of carboxylic acids is 1. The fourth-order valence-electron chi connectivity index (χ4n) is 13.4. The van der Waals surface area contributed by atoms with Crippen molar-refractivity contribution in [2.24, 2.45) is 22.5 Å². The number of hydrogen-bond acceptors (Lipinski definition) is 23. The number of carbonyl (C=O) groups is 12. The summed E-state index contributed by atoms with van der Waals surface area (Å²) in [5.74, 6) is -12.3. The summed E-state index contributed by atoms with van der Waals surface area (Å²) >= 11 is 0. The van der Waals surface area contributed by atoms with Crippen LogP contribution in [0.5, 0.6) is 0 Å². The Bertz CT molecular complexity index is 3740. The second-order valence-corrected chi connectivity index (χ2v) is 25.8. The molecule has 11 N–H and O–H groups in total. The van der Waals surface area contributed by atoms with Gasteiger partial charge in [-0.15, -0.1) is 0 Å². The van der Waals surface area contributed by atoms with Crippen molar-refractivity contribution in [1.82, 2.24) is 21.3 Å². The Morgan fingerprint density at radius 1 is 0.727 bits per heavy atom. The minimum absolute atomic E-state index is 0.0421. The van der Waals surface area contributed by atoms with E-state index in [1.54, 1.807) is 54.6 Å². The van der Waals surface area contributed by atoms with Crippen molar-refractivity contribution in [3.63, 3.8) is 0 Å². The lowest BCUT2D eigenvalue weighted by Gasteiger charge is -2.67. The molecule has 1 aliphatic heterocycles. The number of nitrogens with two attached hydrogens (primary N) is 1. The average molecular weight is 1380 g/mol. The van der Waals surface area contributed by atoms with E-state index in [-0.39, 0.29) is 47.3 Å². The Balaban J connectivity index is 1.08. The molecular weight excluding hydrogens is 1290 g/mol. The van der Waals surface area contributed by atoms with Crippen LogP contribution in [-0.2, 0) is 82.9 Å². The van der Waals surface area contributed by atoms with Crippen molar-refractivity contribution in [3.8, 4) is 0 Å². The molecule has 2 bridgehead atoms. The van der Waals surface area contributed by atoms with E-state index in [1.165, 1.54) is 102 Å². The third-order valence-electron chi connectivity index (χ3n) is 18.8. The van der Waals surface area contributed by atoms with Gasteiger partial charge in [0.05, 0.1) is 48.1 Å². The number of rotatable bonds is 27. The number of carboxylic acid groups (broad SMARTS) is 1. The van der Waals surface area contributed by atoms with Crippen molar-refractivity contribution < 1.29 is 111 Å². The number of benzene rings is 4. The number of aliphatic hydroxyl groups excluding tert-OH is 2. The summed E-state index contributed by atoms with van der Waals surface area (Å²) < 4.78 is 43.0. The number of carbonyl (C=O) groups excluding carboxylic acids is 11. The third-order valence-corrected chi connectivity index (χ3v) is 18.8. The first-order valence-electron chi connectivity index (χ1n) is 32.0. The largest absolute Gasteiger partial charge is 0.508 e. The number of fused-ring (bicyclic) bond motifs is 5. The summed E-state index contributed by atoms with van der Waals surface area (Å²) in [5, 5.41) is 58.0. The van der Waals surface area contributed by atoms with Crippen LogP contribution in [0, 0.1) is 16.7 Å². The van der Waals surface area contributed by atoms with Crippen LogP contribution in [0.2, 0.25) is 0 Å². The van der Waals surface area contributed by atoms with Crippen LogP contribution >= 0.6 is 0 Å². The smallest absolute Gasteiger partial charge is 0.481 e. The zero-order chi connectivity index (χ0) is 72.5. The van der Waals surface area contributed by atoms with E-state index in [0.29, 0.717) is 11.1 Å². The molecule has 15 atom stereocenters. The fourth-order valence-corrected chi connectivity index (χ4v) is 13.4. The lowest BCUT2D eigenvalue weighted by molar-refractivity contribution is -0.346. The molecule has 99 heavy (non-hydrogen) atoms. The van der Waals surface area contributed by atoms with Gasteiger partial charge in [0, 0.05) is 56.3 Å². The molecule has 29 heteroatoms. The number of anilines is 1. The molecule has 5 amide bonds. The van der Waals surface area contributed by atoms with E-state index in [1.807, 2.05) is 0 Å². The minimum Gasteiger partial charge on any atom is -0.481 e. The predicted octanol–water partition coefficient (Wildman–Crippen LogP) is 3.10. The Morgan fingerprint density at radius 2 is 1.33 bits per heavy atom. The number of amides is 5. The summed E-state index contributed by atoms with van der Waals surface area (Å²) in [5.41, 5.74) is -2.66. The lowest BCUT2D eigenvalue weighted by atomic mass is 9.44. The summed E-state index contributed by atoms with van der Waals surface area (Å²) in [6.07, 6.45) is -15.5. The molecule has 0 spiro atoms. The highest BCUT2D eigenvalue weighted by molar-refractivity contribution is 6.01. The Kier molecular flexibility index (Phi) is 23.7. The van der Waals surface area contributed by atoms with Gasteiger partial charge in [0.25, 0.3) is 5.91 Å². The minimum atomic E-state index is -2.61.